The number of hydrogen-bond donors (Lipinski definition) is 1. The Labute approximate surface area is 137 Å². The molecule has 1 aromatic heterocycles. The SMILES string of the molecule is c1cn(Cc2ccc(CSCCC3CCNCC3)cc2)cn1. The number of rotatable bonds is 7. The minimum Gasteiger partial charge on any atom is -0.333 e. The molecule has 3 nitrogen and oxygen atoms in total. The molecular formula is C18H25N3S. The van der Waals surface area contributed by atoms with Crippen molar-refractivity contribution in [1.29, 1.82) is 0 Å². The van der Waals surface area contributed by atoms with Gasteiger partial charge in [-0.3, -0.25) is 0 Å². The minimum atomic E-state index is 0.906. The molecule has 4 heteroatoms. The van der Waals surface area contributed by atoms with Gasteiger partial charge in [0.15, 0.2) is 0 Å². The first-order valence-corrected chi connectivity index (χ1v) is 9.37. The van der Waals surface area contributed by atoms with Crippen molar-refractivity contribution in [3.63, 3.8) is 0 Å². The van der Waals surface area contributed by atoms with Crippen LogP contribution in [0.15, 0.2) is 43.0 Å². The van der Waals surface area contributed by atoms with Crippen LogP contribution < -0.4 is 5.32 Å². The van der Waals surface area contributed by atoms with Gasteiger partial charge >= 0.3 is 0 Å². The molecule has 1 aliphatic heterocycles. The summed E-state index contributed by atoms with van der Waals surface area (Å²) in [6, 6.07) is 9.01. The Balaban J connectivity index is 1.37. The number of piperidine rings is 1. The lowest BCUT2D eigenvalue weighted by molar-refractivity contribution is 0.367. The molecule has 1 aliphatic rings. The van der Waals surface area contributed by atoms with Crippen molar-refractivity contribution in [3.05, 3.63) is 54.1 Å². The molecule has 0 amide bonds. The van der Waals surface area contributed by atoms with E-state index in [4.69, 9.17) is 0 Å². The van der Waals surface area contributed by atoms with Crippen molar-refractivity contribution in [2.75, 3.05) is 18.8 Å². The lowest BCUT2D eigenvalue weighted by Gasteiger charge is -2.22. The monoisotopic (exact) mass is 315 g/mol. The van der Waals surface area contributed by atoms with Gasteiger partial charge in [-0.1, -0.05) is 24.3 Å². The second-order valence-electron chi connectivity index (χ2n) is 6.09. The molecule has 118 valence electrons. The fraction of sp³-hybridized carbons (Fsp3) is 0.500. The van der Waals surface area contributed by atoms with E-state index < -0.39 is 0 Å². The average Bonchev–Trinajstić information content (AvgIpc) is 3.07. The van der Waals surface area contributed by atoms with Crippen molar-refractivity contribution in [2.45, 2.75) is 31.6 Å². The highest BCUT2D eigenvalue weighted by Gasteiger charge is 2.12. The van der Waals surface area contributed by atoms with Gasteiger partial charge in [0.2, 0.25) is 0 Å². The first-order valence-electron chi connectivity index (χ1n) is 8.22. The topological polar surface area (TPSA) is 29.9 Å². The Kier molecular flexibility index (Phi) is 5.96. The van der Waals surface area contributed by atoms with E-state index in [1.54, 1.807) is 0 Å². The van der Waals surface area contributed by atoms with Gasteiger partial charge in [-0.05, 0) is 55.1 Å². The summed E-state index contributed by atoms with van der Waals surface area (Å²) >= 11 is 2.08. The third-order valence-corrected chi connectivity index (χ3v) is 5.41. The molecule has 0 radical (unpaired) electrons. The summed E-state index contributed by atoms with van der Waals surface area (Å²) < 4.78 is 2.10. The van der Waals surface area contributed by atoms with E-state index in [1.165, 1.54) is 49.2 Å². The largest absolute Gasteiger partial charge is 0.333 e. The minimum absolute atomic E-state index is 0.906. The van der Waals surface area contributed by atoms with E-state index in [9.17, 15) is 0 Å². The van der Waals surface area contributed by atoms with Gasteiger partial charge in [0, 0.05) is 24.7 Å². The summed E-state index contributed by atoms with van der Waals surface area (Å²) in [5, 5.41) is 3.44. The quantitative estimate of drug-likeness (QED) is 0.792. The molecule has 2 aromatic rings. The van der Waals surface area contributed by atoms with Crippen LogP contribution in [0, 0.1) is 5.92 Å². The summed E-state index contributed by atoms with van der Waals surface area (Å²) in [6.07, 6.45) is 9.81. The van der Waals surface area contributed by atoms with Crippen molar-refractivity contribution >= 4 is 11.8 Å². The number of nitrogens with one attached hydrogen (secondary N) is 1. The molecule has 0 aliphatic carbocycles. The summed E-state index contributed by atoms with van der Waals surface area (Å²) in [5.74, 6) is 3.38. The second kappa shape index (κ2) is 8.39. The second-order valence-corrected chi connectivity index (χ2v) is 7.19. The van der Waals surface area contributed by atoms with Crippen LogP contribution in [-0.2, 0) is 12.3 Å². The van der Waals surface area contributed by atoms with Crippen LogP contribution in [0.4, 0.5) is 0 Å². The molecule has 0 saturated carbocycles. The molecule has 3 rings (SSSR count). The molecule has 1 saturated heterocycles. The van der Waals surface area contributed by atoms with Gasteiger partial charge in [-0.2, -0.15) is 11.8 Å². The highest BCUT2D eigenvalue weighted by Crippen LogP contribution is 2.21. The first-order chi connectivity index (χ1) is 10.9. The number of nitrogens with zero attached hydrogens (tertiary/aromatic N) is 2. The maximum Gasteiger partial charge on any atom is 0.0949 e. The van der Waals surface area contributed by atoms with Gasteiger partial charge < -0.3 is 9.88 Å². The van der Waals surface area contributed by atoms with E-state index in [0.29, 0.717) is 0 Å². The zero-order valence-electron chi connectivity index (χ0n) is 13.1. The Hall–Kier alpha value is -1.26. The van der Waals surface area contributed by atoms with Crippen LogP contribution in [-0.4, -0.2) is 28.4 Å². The number of thioether (sulfide) groups is 1. The van der Waals surface area contributed by atoms with Crippen molar-refractivity contribution in [3.8, 4) is 0 Å². The van der Waals surface area contributed by atoms with E-state index in [1.807, 2.05) is 18.7 Å². The van der Waals surface area contributed by atoms with Gasteiger partial charge in [0.05, 0.1) is 6.33 Å². The highest BCUT2D eigenvalue weighted by molar-refractivity contribution is 7.98. The first kappa shape index (κ1) is 15.6. The number of imidazole rings is 1. The summed E-state index contributed by atoms with van der Waals surface area (Å²) in [7, 11) is 0. The van der Waals surface area contributed by atoms with Crippen molar-refractivity contribution in [2.24, 2.45) is 5.92 Å². The van der Waals surface area contributed by atoms with Crippen LogP contribution >= 0.6 is 11.8 Å². The maximum absolute atomic E-state index is 4.08. The molecule has 0 spiro atoms. The van der Waals surface area contributed by atoms with Gasteiger partial charge in [0.1, 0.15) is 0 Å². The van der Waals surface area contributed by atoms with Crippen molar-refractivity contribution < 1.29 is 0 Å². The number of aromatic nitrogens is 2. The molecule has 2 heterocycles. The summed E-state index contributed by atoms with van der Waals surface area (Å²) in [4.78, 5) is 4.08. The predicted octanol–water partition coefficient (Wildman–Crippen LogP) is 3.55. The van der Waals surface area contributed by atoms with Gasteiger partial charge in [-0.25, -0.2) is 4.98 Å². The molecule has 22 heavy (non-hydrogen) atoms. The zero-order chi connectivity index (χ0) is 15.0. The van der Waals surface area contributed by atoms with Gasteiger partial charge in [0.25, 0.3) is 0 Å². The third kappa shape index (κ3) is 4.89. The van der Waals surface area contributed by atoms with Crippen LogP contribution in [0.3, 0.4) is 0 Å². The van der Waals surface area contributed by atoms with Gasteiger partial charge in [-0.15, -0.1) is 0 Å². The number of hydrogen-bond acceptors (Lipinski definition) is 3. The summed E-state index contributed by atoms with van der Waals surface area (Å²) in [5.41, 5.74) is 2.77. The standard InChI is InChI=1S/C18H25N3S/c1-3-18(4-2-17(1)13-21-11-10-20-15-21)14-22-12-7-16-5-8-19-9-6-16/h1-4,10-11,15-16,19H,5-9,12-14H2. The Morgan fingerprint density at radius 2 is 1.91 bits per heavy atom. The third-order valence-electron chi connectivity index (χ3n) is 4.35. The Morgan fingerprint density at radius 1 is 1.14 bits per heavy atom. The smallest absolute Gasteiger partial charge is 0.0949 e. The molecule has 0 bridgehead atoms. The van der Waals surface area contributed by atoms with Crippen LogP contribution in [0.1, 0.15) is 30.4 Å². The average molecular weight is 315 g/mol. The molecule has 1 N–H and O–H groups in total. The van der Waals surface area contributed by atoms with E-state index in [2.05, 4.69) is 50.9 Å². The maximum atomic E-state index is 4.08. The Morgan fingerprint density at radius 3 is 2.64 bits per heavy atom. The Bertz CT molecular complexity index is 530. The van der Waals surface area contributed by atoms with Crippen molar-refractivity contribution in [1.82, 2.24) is 14.9 Å². The normalized spacial score (nSPS) is 16.0. The zero-order valence-corrected chi connectivity index (χ0v) is 13.9. The van der Waals surface area contributed by atoms with Crippen LogP contribution in [0.2, 0.25) is 0 Å². The predicted molar refractivity (Wildman–Crippen MR) is 94.1 cm³/mol. The molecule has 0 atom stereocenters. The molecule has 1 aromatic carbocycles. The lowest BCUT2D eigenvalue weighted by atomic mass is 9.96. The molecular weight excluding hydrogens is 290 g/mol. The highest BCUT2D eigenvalue weighted by atomic mass is 32.2. The fourth-order valence-corrected chi connectivity index (χ4v) is 4.01. The summed E-state index contributed by atoms with van der Waals surface area (Å²) in [6.45, 7) is 3.34. The van der Waals surface area contributed by atoms with Crippen LogP contribution in [0.25, 0.3) is 0 Å². The fourth-order valence-electron chi connectivity index (χ4n) is 2.94. The van der Waals surface area contributed by atoms with E-state index >= 15 is 0 Å². The molecule has 1 fully saturated rings. The van der Waals surface area contributed by atoms with E-state index in [-0.39, 0.29) is 0 Å². The molecule has 0 unspecified atom stereocenters. The number of benzene rings is 1. The van der Waals surface area contributed by atoms with Crippen LogP contribution in [0.5, 0.6) is 0 Å². The van der Waals surface area contributed by atoms with E-state index in [0.717, 1.165) is 18.2 Å². The lowest BCUT2D eigenvalue weighted by Crippen LogP contribution is -2.27.